The number of hydrogen-bond acceptors (Lipinski definition) is 6. The average Bonchev–Trinajstić information content (AvgIpc) is 3.52. The summed E-state index contributed by atoms with van der Waals surface area (Å²) in [6.45, 7) is 8.99. The Balaban J connectivity index is 1.65. The van der Waals surface area contributed by atoms with Crippen LogP contribution in [0.15, 0.2) is 79.9 Å². The van der Waals surface area contributed by atoms with Crippen LogP contribution in [0.2, 0.25) is 5.02 Å². The zero-order valence-electron chi connectivity index (χ0n) is 22.4. The van der Waals surface area contributed by atoms with Crippen molar-refractivity contribution in [2.24, 2.45) is 11.8 Å². The molecule has 0 radical (unpaired) electrons. The Morgan fingerprint density at radius 3 is 2.50 bits per heavy atom. The number of carbonyl (C=O) groups excluding carboxylic acids is 3. The van der Waals surface area contributed by atoms with E-state index in [2.05, 4.69) is 13.2 Å². The molecular weight excluding hydrogens is 532 g/mol. The van der Waals surface area contributed by atoms with Gasteiger partial charge in [0, 0.05) is 17.3 Å². The van der Waals surface area contributed by atoms with E-state index in [1.807, 2.05) is 18.2 Å². The van der Waals surface area contributed by atoms with Gasteiger partial charge in [0.2, 0.25) is 5.91 Å². The Morgan fingerprint density at radius 1 is 1.18 bits per heavy atom. The molecule has 2 bridgehead atoms. The molecule has 9 heteroatoms. The highest BCUT2D eigenvalue weighted by atomic mass is 35.5. The van der Waals surface area contributed by atoms with Crippen molar-refractivity contribution in [1.82, 2.24) is 4.90 Å². The van der Waals surface area contributed by atoms with Crippen molar-refractivity contribution in [2.45, 2.75) is 43.1 Å². The van der Waals surface area contributed by atoms with E-state index in [0.717, 1.165) is 0 Å². The number of aliphatic hydroxyl groups excluding tert-OH is 1. The summed E-state index contributed by atoms with van der Waals surface area (Å²) in [5.41, 5.74) is -1.02. The molecule has 3 fully saturated rings. The summed E-state index contributed by atoms with van der Waals surface area (Å²) < 4.78 is 12.1. The van der Waals surface area contributed by atoms with E-state index < -0.39 is 59.5 Å². The van der Waals surface area contributed by atoms with Crippen molar-refractivity contribution >= 4 is 35.1 Å². The summed E-state index contributed by atoms with van der Waals surface area (Å²) in [4.78, 5) is 45.5. The van der Waals surface area contributed by atoms with Crippen molar-refractivity contribution < 1.29 is 29.0 Å². The second-order valence-corrected chi connectivity index (χ2v) is 11.2. The first-order valence-corrected chi connectivity index (χ1v) is 13.7. The maximum Gasteiger partial charge on any atom is 0.313 e. The second kappa shape index (κ2) is 10.8. The molecule has 1 spiro atoms. The molecular formula is C31H33ClN2O6. The second-order valence-electron chi connectivity index (χ2n) is 10.7. The third-order valence-electron chi connectivity index (χ3n) is 8.45. The molecule has 2 aromatic carbocycles. The number of anilines is 1. The smallest absolute Gasteiger partial charge is 0.313 e. The molecule has 2 unspecified atom stereocenters. The minimum absolute atomic E-state index is 0.00163. The number of halogens is 1. The lowest BCUT2D eigenvalue weighted by Gasteiger charge is -2.39. The third-order valence-corrected chi connectivity index (χ3v) is 8.71. The van der Waals surface area contributed by atoms with Crippen LogP contribution in [0, 0.1) is 11.8 Å². The third kappa shape index (κ3) is 4.35. The first-order chi connectivity index (χ1) is 19.2. The van der Waals surface area contributed by atoms with Crippen LogP contribution in [0.25, 0.3) is 0 Å². The predicted molar refractivity (Wildman–Crippen MR) is 150 cm³/mol. The van der Waals surface area contributed by atoms with Crippen LogP contribution in [-0.2, 0) is 23.9 Å². The number of ether oxygens (including phenoxy) is 2. The number of carbonyl (C=O) groups is 3. The van der Waals surface area contributed by atoms with Crippen molar-refractivity contribution in [1.29, 1.82) is 0 Å². The SMILES string of the molecule is C=CCOC(=O)[C@H]1[C@H]2C(=O)N([C@H](CO)c3ccccc3)C(C(=O)N(CC=C)c3ccc(Cl)cc3)C23CC[C@]1(C)O3. The van der Waals surface area contributed by atoms with Crippen LogP contribution < -0.4 is 4.90 Å². The van der Waals surface area contributed by atoms with E-state index in [1.165, 1.54) is 15.9 Å². The summed E-state index contributed by atoms with van der Waals surface area (Å²) in [5, 5.41) is 11.1. The molecule has 3 aliphatic heterocycles. The van der Waals surface area contributed by atoms with Crippen molar-refractivity contribution in [3.63, 3.8) is 0 Å². The van der Waals surface area contributed by atoms with Gasteiger partial charge in [-0.15, -0.1) is 6.58 Å². The highest BCUT2D eigenvalue weighted by Crippen LogP contribution is 2.64. The fourth-order valence-electron chi connectivity index (χ4n) is 6.82. The Morgan fingerprint density at radius 2 is 1.88 bits per heavy atom. The molecule has 1 N–H and O–H groups in total. The summed E-state index contributed by atoms with van der Waals surface area (Å²) in [5.74, 6) is -3.23. The molecule has 3 aliphatic rings. The molecule has 0 saturated carbocycles. The van der Waals surface area contributed by atoms with Gasteiger partial charge in [-0.3, -0.25) is 14.4 Å². The van der Waals surface area contributed by atoms with Crippen LogP contribution in [0.4, 0.5) is 5.69 Å². The zero-order chi connectivity index (χ0) is 28.7. The fraction of sp³-hybridized carbons (Fsp3) is 0.387. The van der Waals surface area contributed by atoms with Gasteiger partial charge < -0.3 is 24.4 Å². The van der Waals surface area contributed by atoms with E-state index in [4.69, 9.17) is 21.1 Å². The quantitative estimate of drug-likeness (QED) is 0.345. The monoisotopic (exact) mass is 564 g/mol. The predicted octanol–water partition coefficient (Wildman–Crippen LogP) is 4.09. The Hall–Kier alpha value is -3.46. The molecule has 5 rings (SSSR count). The van der Waals surface area contributed by atoms with Gasteiger partial charge in [-0.05, 0) is 49.6 Å². The lowest BCUT2D eigenvalue weighted by molar-refractivity contribution is -0.159. The van der Waals surface area contributed by atoms with Gasteiger partial charge in [0.05, 0.1) is 24.2 Å². The van der Waals surface area contributed by atoms with E-state index >= 15 is 0 Å². The summed E-state index contributed by atoms with van der Waals surface area (Å²) in [6, 6.07) is 13.9. The number of rotatable bonds is 10. The highest BCUT2D eigenvalue weighted by molar-refractivity contribution is 6.30. The molecule has 6 atom stereocenters. The van der Waals surface area contributed by atoms with Crippen molar-refractivity contribution in [2.75, 3.05) is 24.7 Å². The van der Waals surface area contributed by atoms with Gasteiger partial charge in [0.1, 0.15) is 24.2 Å². The number of esters is 1. The summed E-state index contributed by atoms with van der Waals surface area (Å²) in [6.07, 6.45) is 3.94. The molecule has 3 heterocycles. The van der Waals surface area contributed by atoms with Gasteiger partial charge >= 0.3 is 5.97 Å². The van der Waals surface area contributed by atoms with E-state index in [9.17, 15) is 19.5 Å². The maximum atomic E-state index is 14.7. The normalized spacial score (nSPS) is 29.1. The maximum absolute atomic E-state index is 14.7. The number of aliphatic hydroxyl groups is 1. The van der Waals surface area contributed by atoms with Gasteiger partial charge in [-0.25, -0.2) is 0 Å². The molecule has 0 aliphatic carbocycles. The van der Waals surface area contributed by atoms with Crippen LogP contribution >= 0.6 is 11.6 Å². The first-order valence-electron chi connectivity index (χ1n) is 13.4. The van der Waals surface area contributed by atoms with E-state index in [1.54, 1.807) is 49.4 Å². The van der Waals surface area contributed by atoms with Crippen molar-refractivity contribution in [3.8, 4) is 0 Å². The van der Waals surface area contributed by atoms with Gasteiger partial charge in [0.15, 0.2) is 0 Å². The molecule has 3 saturated heterocycles. The van der Waals surface area contributed by atoms with Crippen LogP contribution in [0.5, 0.6) is 0 Å². The van der Waals surface area contributed by atoms with Gasteiger partial charge in [0.25, 0.3) is 5.91 Å². The lowest BCUT2D eigenvalue weighted by Crippen LogP contribution is -2.57. The number of fused-ring (bicyclic) bond motifs is 1. The molecule has 40 heavy (non-hydrogen) atoms. The minimum atomic E-state index is -1.28. The standard InChI is InChI=1S/C31H33ClN2O6/c1-4-17-33(22-13-11-21(32)12-14-22)28(37)26-31-16-15-30(3,40-31)25(29(38)39-18-5-2)24(31)27(36)34(26)23(19-35)20-9-7-6-8-10-20/h4-14,23-26,35H,1-2,15-19H2,3H3/t23-,24+,25-,26?,30+,31?/m1/s1. The lowest BCUT2D eigenvalue weighted by atomic mass is 9.66. The van der Waals surface area contributed by atoms with Crippen molar-refractivity contribution in [3.05, 3.63) is 90.5 Å². The number of nitrogens with zero attached hydrogens (tertiary/aromatic N) is 2. The fourth-order valence-corrected chi connectivity index (χ4v) is 6.94. The first kappa shape index (κ1) is 28.1. The topological polar surface area (TPSA) is 96.4 Å². The van der Waals surface area contributed by atoms with Crippen LogP contribution in [0.1, 0.15) is 31.4 Å². The molecule has 2 amide bonds. The number of likely N-dealkylation sites (tertiary alicyclic amines) is 1. The van der Waals surface area contributed by atoms with Crippen LogP contribution in [-0.4, -0.2) is 64.8 Å². The van der Waals surface area contributed by atoms with Crippen LogP contribution in [0.3, 0.4) is 0 Å². The van der Waals surface area contributed by atoms with Gasteiger partial charge in [-0.1, -0.05) is 60.7 Å². The number of amides is 2. The molecule has 210 valence electrons. The van der Waals surface area contributed by atoms with E-state index in [0.29, 0.717) is 29.1 Å². The average molecular weight is 565 g/mol. The summed E-state index contributed by atoms with van der Waals surface area (Å²) in [7, 11) is 0. The van der Waals surface area contributed by atoms with Gasteiger partial charge in [-0.2, -0.15) is 0 Å². The van der Waals surface area contributed by atoms with E-state index in [-0.39, 0.29) is 13.2 Å². The summed E-state index contributed by atoms with van der Waals surface area (Å²) >= 11 is 6.12. The Kier molecular flexibility index (Phi) is 7.61. The number of benzene rings is 2. The largest absolute Gasteiger partial charge is 0.461 e. The zero-order valence-corrected chi connectivity index (χ0v) is 23.1. The molecule has 0 aromatic heterocycles. The highest BCUT2D eigenvalue weighted by Gasteiger charge is 2.79. The molecule has 8 nitrogen and oxygen atoms in total. The Labute approximate surface area is 238 Å². The Bertz CT molecular complexity index is 1320. The number of hydrogen-bond donors (Lipinski definition) is 1. The minimum Gasteiger partial charge on any atom is -0.461 e. The molecule has 2 aromatic rings.